The number of esters is 1. The Morgan fingerprint density at radius 1 is 1.04 bits per heavy atom. The number of hydrogen-bond donors (Lipinski definition) is 0. The second-order valence-corrected chi connectivity index (χ2v) is 6.38. The second kappa shape index (κ2) is 7.11. The van der Waals surface area contributed by atoms with Crippen LogP contribution in [0, 0.1) is 13.8 Å². The lowest BCUT2D eigenvalue weighted by atomic mass is 10.1. The summed E-state index contributed by atoms with van der Waals surface area (Å²) >= 11 is 0. The van der Waals surface area contributed by atoms with Crippen LogP contribution in [0.2, 0.25) is 0 Å². The first-order valence-corrected chi connectivity index (χ1v) is 8.69. The zero-order valence-corrected chi connectivity index (χ0v) is 15.7. The molecule has 2 heterocycles. The maximum Gasteiger partial charge on any atom is 0.337 e. The minimum absolute atomic E-state index is 0.395. The Kier molecular flexibility index (Phi) is 4.49. The third-order valence-electron chi connectivity index (χ3n) is 4.40. The highest BCUT2D eigenvalue weighted by Crippen LogP contribution is 2.28. The van der Waals surface area contributed by atoms with Gasteiger partial charge in [-0.2, -0.15) is 5.10 Å². The van der Waals surface area contributed by atoms with Crippen molar-refractivity contribution >= 4 is 17.0 Å². The van der Waals surface area contributed by atoms with Crippen molar-refractivity contribution in [1.82, 2.24) is 19.7 Å². The van der Waals surface area contributed by atoms with Crippen molar-refractivity contribution in [3.63, 3.8) is 0 Å². The van der Waals surface area contributed by atoms with Gasteiger partial charge in [0.05, 0.1) is 24.6 Å². The smallest absolute Gasteiger partial charge is 0.337 e. The molecule has 0 spiro atoms. The Bertz CT molecular complexity index is 1170. The quantitative estimate of drug-likeness (QED) is 0.502. The highest BCUT2D eigenvalue weighted by Gasteiger charge is 2.14. The van der Waals surface area contributed by atoms with Gasteiger partial charge in [-0.25, -0.2) is 19.4 Å². The van der Waals surface area contributed by atoms with E-state index < -0.39 is 5.97 Å². The van der Waals surface area contributed by atoms with E-state index in [0.29, 0.717) is 28.2 Å². The van der Waals surface area contributed by atoms with Crippen LogP contribution >= 0.6 is 0 Å². The molecular weight excluding hydrogens is 356 g/mol. The molecule has 0 unspecified atom stereocenters. The Labute approximate surface area is 161 Å². The lowest BCUT2D eigenvalue weighted by Crippen LogP contribution is -2.01. The summed E-state index contributed by atoms with van der Waals surface area (Å²) in [5.41, 5.74) is 4.34. The predicted octanol–water partition coefficient (Wildman–Crippen LogP) is 4.01. The number of nitrogens with zero attached hydrogens (tertiary/aromatic N) is 4. The molecule has 7 heteroatoms. The zero-order valence-electron chi connectivity index (χ0n) is 15.7. The zero-order chi connectivity index (χ0) is 19.7. The van der Waals surface area contributed by atoms with Gasteiger partial charge < -0.3 is 9.47 Å². The van der Waals surface area contributed by atoms with Crippen LogP contribution in [0.5, 0.6) is 11.6 Å². The van der Waals surface area contributed by atoms with Gasteiger partial charge in [0.2, 0.25) is 5.88 Å². The molecule has 28 heavy (non-hydrogen) atoms. The molecular formula is C21H18N4O3. The number of aryl methyl sites for hydroxylation is 2. The number of carbonyl (C=O) groups excluding carboxylic acids is 1. The first-order valence-electron chi connectivity index (χ1n) is 8.69. The van der Waals surface area contributed by atoms with Crippen molar-refractivity contribution in [2.75, 3.05) is 7.11 Å². The number of carbonyl (C=O) groups is 1. The molecule has 2 aromatic heterocycles. The summed E-state index contributed by atoms with van der Waals surface area (Å²) in [5, 5.41) is 5.17. The SMILES string of the molecule is COC(=O)c1ccc(Oc2ncnc3c2cnn3-c2ccc(C)cc2C)cc1. The van der Waals surface area contributed by atoms with Crippen LogP contribution < -0.4 is 4.74 Å². The highest BCUT2D eigenvalue weighted by atomic mass is 16.5. The third-order valence-corrected chi connectivity index (χ3v) is 4.40. The molecule has 0 bridgehead atoms. The molecule has 0 aliphatic carbocycles. The molecule has 0 atom stereocenters. The first kappa shape index (κ1) is 17.7. The van der Waals surface area contributed by atoms with E-state index in [2.05, 4.69) is 28.1 Å². The molecule has 0 saturated carbocycles. The van der Waals surface area contributed by atoms with Crippen LogP contribution in [0.15, 0.2) is 55.0 Å². The normalized spacial score (nSPS) is 10.8. The van der Waals surface area contributed by atoms with Gasteiger partial charge in [0.1, 0.15) is 17.5 Å². The average Bonchev–Trinajstić information content (AvgIpc) is 3.13. The molecule has 0 aliphatic heterocycles. The number of fused-ring (bicyclic) bond motifs is 1. The maximum absolute atomic E-state index is 11.5. The van der Waals surface area contributed by atoms with Crippen LogP contribution in [-0.2, 0) is 4.74 Å². The summed E-state index contributed by atoms with van der Waals surface area (Å²) in [6.45, 7) is 4.09. The van der Waals surface area contributed by atoms with Crippen LogP contribution in [0.25, 0.3) is 16.7 Å². The summed E-state index contributed by atoms with van der Waals surface area (Å²) in [6.07, 6.45) is 3.13. The van der Waals surface area contributed by atoms with Crippen molar-refractivity contribution in [2.24, 2.45) is 0 Å². The molecule has 0 saturated heterocycles. The van der Waals surface area contributed by atoms with Gasteiger partial charge in [-0.3, -0.25) is 0 Å². The Balaban J connectivity index is 1.70. The number of hydrogen-bond acceptors (Lipinski definition) is 6. The Hall–Kier alpha value is -3.74. The van der Waals surface area contributed by atoms with Crippen LogP contribution in [0.1, 0.15) is 21.5 Å². The fourth-order valence-electron chi connectivity index (χ4n) is 3.01. The molecule has 0 amide bonds. The number of methoxy groups -OCH3 is 1. The molecule has 0 radical (unpaired) electrons. The number of aromatic nitrogens is 4. The monoisotopic (exact) mass is 374 g/mol. The summed E-state index contributed by atoms with van der Waals surface area (Å²) < 4.78 is 12.4. The van der Waals surface area contributed by atoms with E-state index >= 15 is 0 Å². The molecule has 140 valence electrons. The van der Waals surface area contributed by atoms with E-state index in [1.54, 1.807) is 35.1 Å². The third kappa shape index (κ3) is 3.18. The lowest BCUT2D eigenvalue weighted by molar-refractivity contribution is 0.0600. The Morgan fingerprint density at radius 2 is 1.82 bits per heavy atom. The molecule has 0 N–H and O–H groups in total. The van der Waals surface area contributed by atoms with Crippen molar-refractivity contribution in [3.05, 3.63) is 71.7 Å². The van der Waals surface area contributed by atoms with Crippen LogP contribution in [0.3, 0.4) is 0 Å². The maximum atomic E-state index is 11.5. The van der Waals surface area contributed by atoms with E-state index in [-0.39, 0.29) is 0 Å². The molecule has 0 fully saturated rings. The van der Waals surface area contributed by atoms with Crippen molar-refractivity contribution in [1.29, 1.82) is 0 Å². The summed E-state index contributed by atoms with van der Waals surface area (Å²) in [7, 11) is 1.35. The van der Waals surface area contributed by atoms with Gasteiger partial charge in [0, 0.05) is 0 Å². The average molecular weight is 374 g/mol. The summed E-state index contributed by atoms with van der Waals surface area (Å²) in [5.74, 6) is 0.546. The van der Waals surface area contributed by atoms with E-state index in [0.717, 1.165) is 11.3 Å². The van der Waals surface area contributed by atoms with Gasteiger partial charge in [0.15, 0.2) is 5.65 Å². The van der Waals surface area contributed by atoms with E-state index in [1.807, 2.05) is 19.1 Å². The topological polar surface area (TPSA) is 79.1 Å². The number of benzene rings is 2. The lowest BCUT2D eigenvalue weighted by Gasteiger charge is -2.09. The van der Waals surface area contributed by atoms with Gasteiger partial charge in [0.25, 0.3) is 0 Å². The summed E-state index contributed by atoms with van der Waals surface area (Å²) in [6, 6.07) is 12.8. The van der Waals surface area contributed by atoms with E-state index in [4.69, 9.17) is 9.47 Å². The van der Waals surface area contributed by atoms with Crippen LogP contribution in [0.4, 0.5) is 0 Å². The minimum Gasteiger partial charge on any atom is -0.465 e. The predicted molar refractivity (Wildman–Crippen MR) is 104 cm³/mol. The number of ether oxygens (including phenoxy) is 2. The fraction of sp³-hybridized carbons (Fsp3) is 0.143. The van der Waals surface area contributed by atoms with Gasteiger partial charge in [-0.1, -0.05) is 17.7 Å². The van der Waals surface area contributed by atoms with Crippen molar-refractivity contribution < 1.29 is 14.3 Å². The largest absolute Gasteiger partial charge is 0.465 e. The highest BCUT2D eigenvalue weighted by molar-refractivity contribution is 5.89. The molecule has 4 aromatic rings. The van der Waals surface area contributed by atoms with Gasteiger partial charge in [-0.15, -0.1) is 0 Å². The van der Waals surface area contributed by atoms with E-state index in [9.17, 15) is 4.79 Å². The van der Waals surface area contributed by atoms with Crippen molar-refractivity contribution in [3.8, 4) is 17.3 Å². The molecule has 2 aromatic carbocycles. The standard InChI is InChI=1S/C21H18N4O3/c1-13-4-9-18(14(2)10-13)25-19-17(11-24-25)20(23-12-22-19)28-16-7-5-15(6-8-16)21(26)27-3/h4-12H,1-3H3. The minimum atomic E-state index is -0.397. The molecule has 0 aliphatic rings. The second-order valence-electron chi connectivity index (χ2n) is 6.38. The van der Waals surface area contributed by atoms with Gasteiger partial charge >= 0.3 is 5.97 Å². The molecule has 7 nitrogen and oxygen atoms in total. The fourth-order valence-corrected chi connectivity index (χ4v) is 3.01. The molecule has 4 rings (SSSR count). The van der Waals surface area contributed by atoms with E-state index in [1.165, 1.54) is 19.0 Å². The number of rotatable bonds is 4. The van der Waals surface area contributed by atoms with Crippen LogP contribution in [-0.4, -0.2) is 32.8 Å². The first-order chi connectivity index (χ1) is 13.6. The van der Waals surface area contributed by atoms with Gasteiger partial charge in [-0.05, 0) is 49.7 Å². The summed E-state index contributed by atoms with van der Waals surface area (Å²) in [4.78, 5) is 20.2. The Morgan fingerprint density at radius 3 is 2.54 bits per heavy atom. The van der Waals surface area contributed by atoms with Crippen molar-refractivity contribution in [2.45, 2.75) is 13.8 Å².